The van der Waals surface area contributed by atoms with E-state index in [1.54, 1.807) is 7.11 Å². The predicted molar refractivity (Wildman–Crippen MR) is 79.9 cm³/mol. The molecule has 0 amide bonds. The molecule has 4 atom stereocenters. The van der Waals surface area contributed by atoms with Crippen LogP contribution >= 0.6 is 0 Å². The second-order valence-electron chi connectivity index (χ2n) is 5.85. The van der Waals surface area contributed by atoms with Gasteiger partial charge in [0.25, 0.3) is 0 Å². The fraction of sp³-hybridized carbons (Fsp3) is 0.647. The van der Waals surface area contributed by atoms with Crippen LogP contribution in [0.1, 0.15) is 43.4 Å². The molecule has 1 saturated carbocycles. The highest BCUT2D eigenvalue weighted by atomic mass is 16.5. The van der Waals surface area contributed by atoms with Gasteiger partial charge in [0.05, 0.1) is 18.3 Å². The summed E-state index contributed by atoms with van der Waals surface area (Å²) in [5.41, 5.74) is 2.85. The molecule has 2 aliphatic carbocycles. The van der Waals surface area contributed by atoms with E-state index < -0.39 is 0 Å². The van der Waals surface area contributed by atoms with Crippen molar-refractivity contribution < 1.29 is 9.47 Å². The van der Waals surface area contributed by atoms with Gasteiger partial charge in [0.2, 0.25) is 0 Å². The van der Waals surface area contributed by atoms with Crippen LogP contribution in [0.3, 0.4) is 0 Å². The average molecular weight is 275 g/mol. The maximum Gasteiger partial charge on any atom is 0.0987 e. The summed E-state index contributed by atoms with van der Waals surface area (Å²) < 4.78 is 12.0. The third-order valence-electron chi connectivity index (χ3n) is 4.64. The van der Waals surface area contributed by atoms with Gasteiger partial charge in [0.1, 0.15) is 0 Å². The third kappa shape index (κ3) is 2.62. The molecule has 3 rings (SSSR count). The summed E-state index contributed by atoms with van der Waals surface area (Å²) in [5.74, 6) is 0. The van der Waals surface area contributed by atoms with Gasteiger partial charge < -0.3 is 14.8 Å². The van der Waals surface area contributed by atoms with Crippen LogP contribution in [0.15, 0.2) is 24.3 Å². The highest BCUT2D eigenvalue weighted by molar-refractivity contribution is 5.31. The lowest BCUT2D eigenvalue weighted by Gasteiger charge is -2.45. The number of rotatable bonds is 5. The molecular weight excluding hydrogens is 250 g/mol. The number of ether oxygens (including phenoxy) is 2. The molecule has 0 aromatic heterocycles. The number of nitrogens with one attached hydrogen (secondary N) is 1. The van der Waals surface area contributed by atoms with Gasteiger partial charge in [-0.3, -0.25) is 0 Å². The molecule has 1 aromatic rings. The molecule has 2 aliphatic rings. The van der Waals surface area contributed by atoms with Gasteiger partial charge in [-0.15, -0.1) is 0 Å². The molecule has 4 unspecified atom stereocenters. The number of aryl methyl sites for hydroxylation is 1. The van der Waals surface area contributed by atoms with Crippen molar-refractivity contribution in [3.05, 3.63) is 35.4 Å². The Morgan fingerprint density at radius 2 is 2.15 bits per heavy atom. The molecule has 0 radical (unpaired) electrons. The van der Waals surface area contributed by atoms with Gasteiger partial charge in [0.15, 0.2) is 0 Å². The summed E-state index contributed by atoms with van der Waals surface area (Å²) in [6.45, 7) is 3.13. The highest BCUT2D eigenvalue weighted by Crippen LogP contribution is 2.37. The second kappa shape index (κ2) is 6.25. The molecule has 0 heterocycles. The maximum absolute atomic E-state index is 6.37. The number of benzene rings is 1. The molecule has 1 fully saturated rings. The fourth-order valence-electron chi connectivity index (χ4n) is 3.55. The van der Waals surface area contributed by atoms with Crippen molar-refractivity contribution in [2.24, 2.45) is 0 Å². The topological polar surface area (TPSA) is 30.5 Å². The summed E-state index contributed by atoms with van der Waals surface area (Å²) >= 11 is 0. The number of fused-ring (bicyclic) bond motifs is 1. The Morgan fingerprint density at radius 3 is 2.95 bits per heavy atom. The van der Waals surface area contributed by atoms with Crippen molar-refractivity contribution in [2.75, 3.05) is 13.7 Å². The third-order valence-corrected chi connectivity index (χ3v) is 4.64. The minimum absolute atomic E-state index is 0.198. The van der Waals surface area contributed by atoms with E-state index >= 15 is 0 Å². The second-order valence-corrected chi connectivity index (χ2v) is 5.85. The largest absolute Gasteiger partial charge is 0.377 e. The van der Waals surface area contributed by atoms with E-state index in [-0.39, 0.29) is 18.3 Å². The lowest BCUT2D eigenvalue weighted by atomic mass is 9.83. The van der Waals surface area contributed by atoms with Crippen molar-refractivity contribution in [1.29, 1.82) is 0 Å². The molecule has 1 N–H and O–H groups in total. The smallest absolute Gasteiger partial charge is 0.0987 e. The van der Waals surface area contributed by atoms with Gasteiger partial charge in [-0.05, 0) is 43.4 Å². The van der Waals surface area contributed by atoms with Gasteiger partial charge in [-0.25, -0.2) is 0 Å². The van der Waals surface area contributed by atoms with Crippen LogP contribution < -0.4 is 5.32 Å². The van der Waals surface area contributed by atoms with Gasteiger partial charge >= 0.3 is 0 Å². The summed E-state index contributed by atoms with van der Waals surface area (Å²) in [6.07, 6.45) is 5.30. The molecule has 3 heteroatoms. The van der Waals surface area contributed by atoms with E-state index in [2.05, 4.69) is 36.5 Å². The molecular formula is C17H25NO2. The lowest BCUT2D eigenvalue weighted by molar-refractivity contribution is -0.161. The Morgan fingerprint density at radius 1 is 1.30 bits per heavy atom. The van der Waals surface area contributed by atoms with Crippen LogP contribution in [0, 0.1) is 0 Å². The Kier molecular flexibility index (Phi) is 4.39. The first-order valence-corrected chi connectivity index (χ1v) is 7.83. The molecule has 3 nitrogen and oxygen atoms in total. The zero-order valence-corrected chi connectivity index (χ0v) is 12.5. The zero-order chi connectivity index (χ0) is 13.9. The molecule has 110 valence electrons. The molecule has 0 bridgehead atoms. The van der Waals surface area contributed by atoms with Crippen LogP contribution in [-0.4, -0.2) is 31.9 Å². The van der Waals surface area contributed by atoms with E-state index in [4.69, 9.17) is 9.47 Å². The van der Waals surface area contributed by atoms with E-state index in [0.717, 1.165) is 19.4 Å². The number of methoxy groups -OCH3 is 1. The van der Waals surface area contributed by atoms with Crippen LogP contribution in [0.5, 0.6) is 0 Å². The Balaban J connectivity index is 1.65. The normalized spacial score (nSPS) is 32.5. The Bertz CT molecular complexity index is 448. The zero-order valence-electron chi connectivity index (χ0n) is 12.5. The summed E-state index contributed by atoms with van der Waals surface area (Å²) in [4.78, 5) is 0. The Labute approximate surface area is 121 Å². The summed E-state index contributed by atoms with van der Waals surface area (Å²) in [5, 5.41) is 3.46. The average Bonchev–Trinajstić information content (AvgIpc) is 2.46. The Hall–Kier alpha value is -0.900. The van der Waals surface area contributed by atoms with Crippen molar-refractivity contribution >= 4 is 0 Å². The van der Waals surface area contributed by atoms with Gasteiger partial charge in [0, 0.05) is 13.2 Å². The quantitative estimate of drug-likeness (QED) is 0.896. The van der Waals surface area contributed by atoms with Crippen LogP contribution in [0.4, 0.5) is 0 Å². The highest BCUT2D eigenvalue weighted by Gasteiger charge is 2.43. The van der Waals surface area contributed by atoms with Gasteiger partial charge in [-0.1, -0.05) is 31.2 Å². The number of hydrogen-bond acceptors (Lipinski definition) is 3. The van der Waals surface area contributed by atoms with Crippen LogP contribution in [0.2, 0.25) is 0 Å². The monoisotopic (exact) mass is 275 g/mol. The molecule has 0 aliphatic heterocycles. The predicted octanol–water partition coefficient (Wildman–Crippen LogP) is 2.85. The van der Waals surface area contributed by atoms with Crippen molar-refractivity contribution in [3.63, 3.8) is 0 Å². The molecule has 20 heavy (non-hydrogen) atoms. The van der Waals surface area contributed by atoms with E-state index in [9.17, 15) is 0 Å². The minimum Gasteiger partial charge on any atom is -0.377 e. The fourth-order valence-corrected chi connectivity index (χ4v) is 3.55. The summed E-state index contributed by atoms with van der Waals surface area (Å²) in [6, 6.07) is 9.16. The SMILES string of the molecule is CCNC1CC(OC2CCCc3ccccc32)C1OC. The van der Waals surface area contributed by atoms with E-state index in [0.29, 0.717) is 6.04 Å². The first-order chi connectivity index (χ1) is 9.83. The minimum atomic E-state index is 0.198. The lowest BCUT2D eigenvalue weighted by Crippen LogP contribution is -2.60. The summed E-state index contributed by atoms with van der Waals surface area (Å²) in [7, 11) is 1.79. The maximum atomic E-state index is 6.37. The van der Waals surface area contributed by atoms with Crippen molar-refractivity contribution in [2.45, 2.75) is 57.0 Å². The molecule has 0 saturated heterocycles. The first kappa shape index (κ1) is 14.1. The van der Waals surface area contributed by atoms with Crippen molar-refractivity contribution in [1.82, 2.24) is 5.32 Å². The standard InChI is InChI=1S/C17H25NO2/c1-3-18-14-11-16(17(14)19-2)20-15-10-6-8-12-7-4-5-9-13(12)15/h4-5,7,9,14-18H,3,6,8,10-11H2,1-2H3. The van der Waals surface area contributed by atoms with E-state index in [1.165, 1.54) is 24.0 Å². The number of hydrogen-bond donors (Lipinski definition) is 1. The van der Waals surface area contributed by atoms with Gasteiger partial charge in [-0.2, -0.15) is 0 Å². The first-order valence-electron chi connectivity index (χ1n) is 7.83. The van der Waals surface area contributed by atoms with Crippen molar-refractivity contribution in [3.8, 4) is 0 Å². The van der Waals surface area contributed by atoms with Crippen LogP contribution in [0.25, 0.3) is 0 Å². The van der Waals surface area contributed by atoms with Crippen LogP contribution in [-0.2, 0) is 15.9 Å². The molecule has 0 spiro atoms. The molecule has 1 aromatic carbocycles. The van der Waals surface area contributed by atoms with E-state index in [1.807, 2.05) is 0 Å². The number of likely N-dealkylation sites (N-methyl/N-ethyl adjacent to an activating group) is 1.